The fourth-order valence-corrected chi connectivity index (χ4v) is 3.65. The zero-order valence-electron chi connectivity index (χ0n) is 15.6. The lowest BCUT2D eigenvalue weighted by atomic mass is 10.1. The molecule has 28 heavy (non-hydrogen) atoms. The lowest BCUT2D eigenvalue weighted by molar-refractivity contribution is 0.0617. The molecule has 0 N–H and O–H groups in total. The van der Waals surface area contributed by atoms with E-state index in [1.807, 2.05) is 59.5 Å². The normalized spacial score (nSPS) is 15.0. The maximum Gasteiger partial charge on any atom is 0.273 e. The second kappa shape index (κ2) is 8.59. The Bertz CT molecular complexity index is 965. The Hall–Kier alpha value is -2.63. The van der Waals surface area contributed by atoms with E-state index >= 15 is 0 Å². The summed E-state index contributed by atoms with van der Waals surface area (Å²) in [7, 11) is 0. The number of carbonyl (C=O) groups is 1. The first kappa shape index (κ1) is 18.7. The van der Waals surface area contributed by atoms with Gasteiger partial charge in [-0.1, -0.05) is 48.0 Å². The number of amides is 1. The third-order valence-corrected chi connectivity index (χ3v) is 5.35. The Labute approximate surface area is 169 Å². The summed E-state index contributed by atoms with van der Waals surface area (Å²) in [5.74, 6) is 0.712. The van der Waals surface area contributed by atoms with Gasteiger partial charge in [-0.25, -0.2) is 0 Å². The van der Waals surface area contributed by atoms with Gasteiger partial charge in [-0.15, -0.1) is 0 Å². The highest BCUT2D eigenvalue weighted by molar-refractivity contribution is 6.32. The average molecular weight is 396 g/mol. The maximum atomic E-state index is 13.0. The van der Waals surface area contributed by atoms with Crippen LogP contribution in [0.15, 0.2) is 60.8 Å². The number of halogens is 1. The fraction of sp³-hybridized carbons (Fsp3) is 0.273. The quantitative estimate of drug-likeness (QED) is 0.660. The van der Waals surface area contributed by atoms with E-state index in [0.717, 1.165) is 30.4 Å². The number of ether oxygens (including phenoxy) is 1. The molecule has 0 bridgehead atoms. The molecule has 1 fully saturated rings. The Morgan fingerprint density at radius 1 is 1.00 bits per heavy atom. The number of hydrogen-bond donors (Lipinski definition) is 0. The fourth-order valence-electron chi connectivity index (χ4n) is 3.46. The smallest absolute Gasteiger partial charge is 0.273 e. The summed E-state index contributed by atoms with van der Waals surface area (Å²) >= 11 is 6.11. The molecule has 0 spiro atoms. The van der Waals surface area contributed by atoms with Gasteiger partial charge in [0.15, 0.2) is 0 Å². The number of para-hydroxylation sites is 1. The van der Waals surface area contributed by atoms with Gasteiger partial charge in [-0.3, -0.25) is 14.7 Å². The lowest BCUT2D eigenvalue weighted by Crippen LogP contribution is -2.49. The van der Waals surface area contributed by atoms with E-state index < -0.39 is 0 Å². The van der Waals surface area contributed by atoms with Crippen LogP contribution in [0.3, 0.4) is 0 Å². The van der Waals surface area contributed by atoms with Gasteiger partial charge < -0.3 is 9.64 Å². The number of fused-ring (bicyclic) bond motifs is 1. The standard InChI is InChI=1S/C22H22ClN3O2/c23-19-7-3-4-8-20(19)28-16-15-25-11-13-26(14-12-25)22(27)21-18-6-2-1-5-17(18)9-10-24-21/h1-10H,11-16H2. The van der Waals surface area contributed by atoms with Crippen LogP contribution in [0.1, 0.15) is 10.5 Å². The zero-order valence-corrected chi connectivity index (χ0v) is 16.3. The van der Waals surface area contributed by atoms with Gasteiger partial charge in [0.25, 0.3) is 5.91 Å². The van der Waals surface area contributed by atoms with Crippen molar-refractivity contribution in [2.45, 2.75) is 0 Å². The predicted octanol–water partition coefficient (Wildman–Crippen LogP) is 3.73. The highest BCUT2D eigenvalue weighted by Crippen LogP contribution is 2.23. The Balaban J connectivity index is 1.31. The molecular formula is C22H22ClN3O2. The first-order valence-electron chi connectivity index (χ1n) is 9.45. The molecule has 0 saturated carbocycles. The SMILES string of the molecule is O=C(c1nccc2ccccc12)N1CCN(CCOc2ccccc2Cl)CC1. The van der Waals surface area contributed by atoms with Gasteiger partial charge in [0.1, 0.15) is 18.1 Å². The first-order valence-corrected chi connectivity index (χ1v) is 9.83. The summed E-state index contributed by atoms with van der Waals surface area (Å²) in [5, 5.41) is 2.57. The first-order chi connectivity index (χ1) is 13.7. The molecule has 1 amide bonds. The number of hydrogen-bond acceptors (Lipinski definition) is 4. The average Bonchev–Trinajstić information content (AvgIpc) is 2.75. The number of aromatic nitrogens is 1. The van der Waals surface area contributed by atoms with Crippen molar-refractivity contribution in [2.75, 3.05) is 39.3 Å². The van der Waals surface area contributed by atoms with E-state index in [4.69, 9.17) is 16.3 Å². The Morgan fingerprint density at radius 2 is 1.75 bits per heavy atom. The molecule has 4 rings (SSSR count). The van der Waals surface area contributed by atoms with Crippen LogP contribution in [-0.2, 0) is 0 Å². The molecule has 0 unspecified atom stereocenters. The van der Waals surface area contributed by atoms with Crippen LogP contribution >= 0.6 is 11.6 Å². The van der Waals surface area contributed by atoms with Crippen molar-refractivity contribution in [3.8, 4) is 5.75 Å². The molecule has 1 saturated heterocycles. The van der Waals surface area contributed by atoms with Crippen molar-refractivity contribution in [1.29, 1.82) is 0 Å². The molecule has 0 radical (unpaired) electrons. The molecule has 144 valence electrons. The van der Waals surface area contributed by atoms with E-state index in [9.17, 15) is 4.79 Å². The van der Waals surface area contributed by atoms with Gasteiger partial charge >= 0.3 is 0 Å². The Kier molecular flexibility index (Phi) is 5.74. The largest absolute Gasteiger partial charge is 0.491 e. The summed E-state index contributed by atoms with van der Waals surface area (Å²) in [6.07, 6.45) is 1.71. The number of rotatable bonds is 5. The van der Waals surface area contributed by atoms with Crippen LogP contribution < -0.4 is 4.74 Å². The number of benzene rings is 2. The van der Waals surface area contributed by atoms with Crippen LogP contribution in [0.4, 0.5) is 0 Å². The van der Waals surface area contributed by atoms with Crippen LogP contribution in [0.25, 0.3) is 10.8 Å². The molecule has 0 atom stereocenters. The van der Waals surface area contributed by atoms with E-state index in [-0.39, 0.29) is 5.91 Å². The number of carbonyl (C=O) groups excluding carboxylic acids is 1. The minimum Gasteiger partial charge on any atom is -0.491 e. The number of nitrogens with zero attached hydrogens (tertiary/aromatic N) is 3. The molecule has 2 aromatic carbocycles. The lowest BCUT2D eigenvalue weighted by Gasteiger charge is -2.34. The Morgan fingerprint density at radius 3 is 2.57 bits per heavy atom. The summed E-state index contributed by atoms with van der Waals surface area (Å²) < 4.78 is 5.77. The second-order valence-corrected chi connectivity index (χ2v) is 7.20. The van der Waals surface area contributed by atoms with Crippen LogP contribution in [0.5, 0.6) is 5.75 Å². The molecule has 1 aliphatic heterocycles. The number of pyridine rings is 1. The van der Waals surface area contributed by atoms with Gasteiger partial charge in [0.05, 0.1) is 5.02 Å². The maximum absolute atomic E-state index is 13.0. The van der Waals surface area contributed by atoms with Gasteiger partial charge in [0.2, 0.25) is 0 Å². The third kappa shape index (κ3) is 4.11. The van der Waals surface area contributed by atoms with Crippen molar-refractivity contribution in [3.63, 3.8) is 0 Å². The van der Waals surface area contributed by atoms with Gasteiger partial charge in [-0.2, -0.15) is 0 Å². The molecule has 1 aliphatic rings. The zero-order chi connectivity index (χ0) is 19.3. The van der Waals surface area contributed by atoms with Crippen LogP contribution in [-0.4, -0.2) is 60.0 Å². The van der Waals surface area contributed by atoms with Crippen molar-refractivity contribution in [1.82, 2.24) is 14.8 Å². The van der Waals surface area contributed by atoms with Gasteiger partial charge in [-0.05, 0) is 23.6 Å². The van der Waals surface area contributed by atoms with Crippen LogP contribution in [0.2, 0.25) is 5.02 Å². The summed E-state index contributed by atoms with van der Waals surface area (Å²) in [6.45, 7) is 4.40. The summed E-state index contributed by atoms with van der Waals surface area (Å²) in [6, 6.07) is 17.3. The predicted molar refractivity (Wildman–Crippen MR) is 111 cm³/mol. The summed E-state index contributed by atoms with van der Waals surface area (Å²) in [5.41, 5.74) is 0.536. The van der Waals surface area contributed by atoms with Crippen molar-refractivity contribution >= 4 is 28.3 Å². The van der Waals surface area contributed by atoms with E-state index in [0.29, 0.717) is 36.2 Å². The topological polar surface area (TPSA) is 45.7 Å². The van der Waals surface area contributed by atoms with Crippen molar-refractivity contribution in [2.24, 2.45) is 0 Å². The third-order valence-electron chi connectivity index (χ3n) is 5.04. The van der Waals surface area contributed by atoms with E-state index in [2.05, 4.69) is 9.88 Å². The van der Waals surface area contributed by atoms with Crippen LogP contribution in [0, 0.1) is 0 Å². The molecule has 5 nitrogen and oxygen atoms in total. The monoisotopic (exact) mass is 395 g/mol. The minimum atomic E-state index is 0.00349. The highest BCUT2D eigenvalue weighted by atomic mass is 35.5. The van der Waals surface area contributed by atoms with Crippen molar-refractivity contribution in [3.05, 3.63) is 71.5 Å². The second-order valence-electron chi connectivity index (χ2n) is 6.79. The molecule has 1 aromatic heterocycles. The number of piperazine rings is 1. The molecule has 3 aromatic rings. The van der Waals surface area contributed by atoms with Gasteiger partial charge in [0, 0.05) is 44.3 Å². The van der Waals surface area contributed by atoms with Crippen molar-refractivity contribution < 1.29 is 9.53 Å². The molecular weight excluding hydrogens is 374 g/mol. The highest BCUT2D eigenvalue weighted by Gasteiger charge is 2.24. The summed E-state index contributed by atoms with van der Waals surface area (Å²) in [4.78, 5) is 21.5. The molecule has 0 aliphatic carbocycles. The molecule has 6 heteroatoms. The minimum absolute atomic E-state index is 0.00349. The van der Waals surface area contributed by atoms with E-state index in [1.165, 1.54) is 0 Å². The van der Waals surface area contributed by atoms with E-state index in [1.54, 1.807) is 6.20 Å². The molecule has 2 heterocycles.